The highest BCUT2D eigenvalue weighted by molar-refractivity contribution is 6.31. The zero-order valence-electron chi connectivity index (χ0n) is 9.98. The van der Waals surface area contributed by atoms with E-state index in [9.17, 15) is 4.39 Å². The number of halogens is 2. The summed E-state index contributed by atoms with van der Waals surface area (Å²) in [4.78, 5) is 9.72. The molecule has 0 saturated carbocycles. The number of hydrogen-bond donors (Lipinski definition) is 2. The first-order chi connectivity index (χ1) is 8.31. The number of guanidine groups is 2. The van der Waals surface area contributed by atoms with Gasteiger partial charge in [-0.25, -0.2) is 9.38 Å². The van der Waals surface area contributed by atoms with Crippen LogP contribution in [-0.2, 0) is 0 Å². The molecule has 0 atom stereocenters. The van der Waals surface area contributed by atoms with E-state index in [1.807, 2.05) is 13.8 Å². The van der Waals surface area contributed by atoms with Gasteiger partial charge < -0.3 is 11.5 Å². The van der Waals surface area contributed by atoms with Crippen molar-refractivity contribution >= 4 is 29.2 Å². The Kier molecular flexibility index (Phi) is 2.90. The van der Waals surface area contributed by atoms with Gasteiger partial charge in [0.2, 0.25) is 11.9 Å². The molecule has 0 spiro atoms. The predicted molar refractivity (Wildman–Crippen MR) is 71.2 cm³/mol. The SMILES string of the molecule is CC1(C)N=C(N)N=C(N)N1c1ccc(F)c(Cl)c1. The summed E-state index contributed by atoms with van der Waals surface area (Å²) in [5, 5.41) is 0.0126. The van der Waals surface area contributed by atoms with Crippen molar-refractivity contribution in [2.45, 2.75) is 19.5 Å². The molecule has 0 radical (unpaired) electrons. The van der Waals surface area contributed by atoms with Crippen LogP contribution in [0.3, 0.4) is 0 Å². The lowest BCUT2D eigenvalue weighted by Crippen LogP contribution is -2.54. The number of nitrogens with zero attached hydrogens (tertiary/aromatic N) is 3. The lowest BCUT2D eigenvalue weighted by Gasteiger charge is -2.38. The first kappa shape index (κ1) is 12.6. The second-order valence-corrected chi connectivity index (χ2v) is 4.78. The Morgan fingerprint density at radius 2 is 2.00 bits per heavy atom. The minimum atomic E-state index is -0.711. The van der Waals surface area contributed by atoms with Crippen molar-refractivity contribution in [1.29, 1.82) is 0 Å². The maximum atomic E-state index is 13.2. The number of hydrogen-bond acceptors (Lipinski definition) is 5. The quantitative estimate of drug-likeness (QED) is 0.814. The van der Waals surface area contributed by atoms with Crippen LogP contribution in [0.15, 0.2) is 28.2 Å². The highest BCUT2D eigenvalue weighted by Crippen LogP contribution is 2.30. The standard InChI is InChI=1S/C11H13ClFN5/c1-11(2)17-9(14)16-10(15)18(11)6-3-4-8(13)7(12)5-6/h3-5H,1-2H3,(H4,14,15,16,17). The molecule has 4 N–H and O–H groups in total. The van der Waals surface area contributed by atoms with E-state index in [2.05, 4.69) is 9.98 Å². The molecule has 1 aliphatic rings. The van der Waals surface area contributed by atoms with Crippen LogP contribution < -0.4 is 16.4 Å². The van der Waals surface area contributed by atoms with E-state index >= 15 is 0 Å². The van der Waals surface area contributed by atoms with Gasteiger partial charge >= 0.3 is 0 Å². The molecule has 18 heavy (non-hydrogen) atoms. The first-order valence-electron chi connectivity index (χ1n) is 5.26. The van der Waals surface area contributed by atoms with Gasteiger partial charge in [-0.15, -0.1) is 0 Å². The van der Waals surface area contributed by atoms with Crippen molar-refractivity contribution in [3.8, 4) is 0 Å². The van der Waals surface area contributed by atoms with Crippen molar-refractivity contribution in [3.05, 3.63) is 29.0 Å². The molecule has 5 nitrogen and oxygen atoms in total. The number of rotatable bonds is 1. The molecular weight excluding hydrogens is 257 g/mol. The summed E-state index contributed by atoms with van der Waals surface area (Å²) in [6.07, 6.45) is 0. The molecule has 96 valence electrons. The van der Waals surface area contributed by atoms with E-state index < -0.39 is 11.5 Å². The Labute approximate surface area is 109 Å². The fourth-order valence-corrected chi connectivity index (χ4v) is 2.05. The monoisotopic (exact) mass is 269 g/mol. The van der Waals surface area contributed by atoms with E-state index in [4.69, 9.17) is 23.1 Å². The fraction of sp³-hybridized carbons (Fsp3) is 0.273. The number of anilines is 1. The van der Waals surface area contributed by atoms with Gasteiger partial charge in [0.05, 0.1) is 5.02 Å². The van der Waals surface area contributed by atoms with Crippen LogP contribution in [0.5, 0.6) is 0 Å². The van der Waals surface area contributed by atoms with Crippen molar-refractivity contribution in [2.24, 2.45) is 21.5 Å². The molecule has 0 aliphatic carbocycles. The molecular formula is C11H13ClFN5. The molecule has 0 amide bonds. The topological polar surface area (TPSA) is 80.0 Å². The van der Waals surface area contributed by atoms with Crippen LogP contribution in [0, 0.1) is 5.82 Å². The van der Waals surface area contributed by atoms with E-state index in [0.29, 0.717) is 5.69 Å². The Bertz CT molecular complexity index is 552. The average Bonchev–Trinajstić information content (AvgIpc) is 2.20. The third kappa shape index (κ3) is 2.11. The van der Waals surface area contributed by atoms with Crippen LogP contribution in [0.25, 0.3) is 0 Å². The van der Waals surface area contributed by atoms with Gasteiger partial charge in [0.15, 0.2) is 0 Å². The highest BCUT2D eigenvalue weighted by Gasteiger charge is 2.33. The van der Waals surface area contributed by atoms with Gasteiger partial charge in [-0.1, -0.05) is 11.6 Å². The molecule has 1 aromatic rings. The second-order valence-electron chi connectivity index (χ2n) is 4.37. The van der Waals surface area contributed by atoms with Gasteiger partial charge in [0.1, 0.15) is 11.5 Å². The highest BCUT2D eigenvalue weighted by atomic mass is 35.5. The number of nitrogens with two attached hydrogens (primary N) is 2. The van der Waals surface area contributed by atoms with Crippen LogP contribution in [0.2, 0.25) is 5.02 Å². The van der Waals surface area contributed by atoms with Gasteiger partial charge in [-0.2, -0.15) is 4.99 Å². The molecule has 2 rings (SSSR count). The molecule has 1 aliphatic heterocycles. The van der Waals surface area contributed by atoms with E-state index in [0.717, 1.165) is 0 Å². The molecule has 0 saturated heterocycles. The van der Waals surface area contributed by atoms with E-state index in [1.165, 1.54) is 12.1 Å². The maximum absolute atomic E-state index is 13.2. The van der Waals surface area contributed by atoms with Crippen molar-refractivity contribution in [2.75, 3.05) is 4.90 Å². The number of benzene rings is 1. The van der Waals surface area contributed by atoms with E-state index in [-0.39, 0.29) is 16.9 Å². The lowest BCUT2D eigenvalue weighted by molar-refractivity contribution is 0.533. The summed E-state index contributed by atoms with van der Waals surface area (Å²) < 4.78 is 13.2. The maximum Gasteiger partial charge on any atom is 0.220 e. The summed E-state index contributed by atoms with van der Waals surface area (Å²) in [5.74, 6) is -0.189. The fourth-order valence-electron chi connectivity index (χ4n) is 1.88. The predicted octanol–water partition coefficient (Wildman–Crippen LogP) is 1.66. The summed E-state index contributed by atoms with van der Waals surface area (Å²) in [5.41, 5.74) is 11.3. The Balaban J connectivity index is 2.50. The zero-order chi connectivity index (χ0) is 13.5. The molecule has 1 heterocycles. The molecule has 0 aromatic heterocycles. The van der Waals surface area contributed by atoms with Gasteiger partial charge in [0, 0.05) is 5.69 Å². The van der Waals surface area contributed by atoms with Gasteiger partial charge in [0.25, 0.3) is 0 Å². The third-order valence-electron chi connectivity index (χ3n) is 2.55. The van der Waals surface area contributed by atoms with Gasteiger partial charge in [-0.05, 0) is 32.0 Å². The molecule has 7 heteroatoms. The summed E-state index contributed by atoms with van der Waals surface area (Å²) in [7, 11) is 0. The molecule has 0 unspecified atom stereocenters. The summed E-state index contributed by atoms with van der Waals surface area (Å²) in [6, 6.07) is 4.29. The molecule has 1 aromatic carbocycles. The molecule has 0 fully saturated rings. The Hall–Kier alpha value is -1.82. The van der Waals surface area contributed by atoms with Crippen LogP contribution in [-0.4, -0.2) is 17.6 Å². The van der Waals surface area contributed by atoms with Gasteiger partial charge in [-0.3, -0.25) is 4.90 Å². The largest absolute Gasteiger partial charge is 0.369 e. The average molecular weight is 270 g/mol. The van der Waals surface area contributed by atoms with Crippen molar-refractivity contribution in [1.82, 2.24) is 0 Å². The van der Waals surface area contributed by atoms with E-state index in [1.54, 1.807) is 11.0 Å². The minimum absolute atomic E-state index is 0.0126. The normalized spacial score (nSPS) is 18.3. The van der Waals surface area contributed by atoms with Crippen LogP contribution >= 0.6 is 11.6 Å². The first-order valence-corrected chi connectivity index (χ1v) is 5.64. The smallest absolute Gasteiger partial charge is 0.220 e. The lowest BCUT2D eigenvalue weighted by atomic mass is 10.1. The van der Waals surface area contributed by atoms with Crippen LogP contribution in [0.4, 0.5) is 10.1 Å². The summed E-state index contributed by atoms with van der Waals surface area (Å²) >= 11 is 5.76. The second kappa shape index (κ2) is 4.13. The summed E-state index contributed by atoms with van der Waals surface area (Å²) in [6.45, 7) is 3.64. The molecule has 0 bridgehead atoms. The Morgan fingerprint density at radius 1 is 1.33 bits per heavy atom. The third-order valence-corrected chi connectivity index (χ3v) is 2.84. The van der Waals surface area contributed by atoms with Crippen molar-refractivity contribution in [3.63, 3.8) is 0 Å². The van der Waals surface area contributed by atoms with Crippen molar-refractivity contribution < 1.29 is 4.39 Å². The Morgan fingerprint density at radius 3 is 2.56 bits per heavy atom. The van der Waals surface area contributed by atoms with Crippen LogP contribution in [0.1, 0.15) is 13.8 Å². The zero-order valence-corrected chi connectivity index (χ0v) is 10.7. The minimum Gasteiger partial charge on any atom is -0.369 e. The number of aliphatic imine (C=N–C) groups is 2.